The van der Waals surface area contributed by atoms with Gasteiger partial charge in [-0.15, -0.1) is 6.42 Å². The Kier molecular flexibility index (Phi) is 4.96. The monoisotopic (exact) mass is 342 g/mol. The van der Waals surface area contributed by atoms with Crippen LogP contribution in [0.15, 0.2) is 30.6 Å². The summed E-state index contributed by atoms with van der Waals surface area (Å²) in [6, 6.07) is 3.50. The second kappa shape index (κ2) is 6.75. The number of halogens is 4. The van der Waals surface area contributed by atoms with Gasteiger partial charge in [0, 0.05) is 18.5 Å². The maximum absolute atomic E-state index is 12.5. The molecule has 2 rings (SSSR count). The van der Waals surface area contributed by atoms with Gasteiger partial charge in [0.15, 0.2) is 5.75 Å². The smallest absolute Gasteiger partial charge is 0.417 e. The lowest BCUT2D eigenvalue weighted by atomic mass is 10.2. The molecule has 0 aliphatic heterocycles. The average molecular weight is 343 g/mol. The van der Waals surface area contributed by atoms with E-state index in [1.165, 1.54) is 19.4 Å². The summed E-state index contributed by atoms with van der Waals surface area (Å²) >= 11 is 5.79. The third kappa shape index (κ3) is 4.05. The highest BCUT2D eigenvalue weighted by Gasteiger charge is 2.31. The number of nitrogens with zero attached hydrogens (tertiary/aromatic N) is 2. The molecule has 1 unspecified atom stereocenters. The van der Waals surface area contributed by atoms with Gasteiger partial charge in [-0.05, 0) is 12.1 Å². The van der Waals surface area contributed by atoms with Gasteiger partial charge in [-0.2, -0.15) is 13.2 Å². The molecular formula is C15H10ClF3N2O2. The molecule has 0 amide bonds. The van der Waals surface area contributed by atoms with Crippen molar-refractivity contribution in [3.8, 4) is 24.0 Å². The molecule has 0 spiro atoms. The zero-order valence-electron chi connectivity index (χ0n) is 11.8. The fourth-order valence-electron chi connectivity index (χ4n) is 1.66. The fourth-order valence-corrected chi connectivity index (χ4v) is 1.81. The van der Waals surface area contributed by atoms with Crippen LogP contribution in [0.25, 0.3) is 0 Å². The van der Waals surface area contributed by atoms with Crippen LogP contribution < -0.4 is 9.47 Å². The molecule has 0 saturated heterocycles. The Bertz CT molecular complexity index is 727. The van der Waals surface area contributed by atoms with Crippen LogP contribution in [0, 0.1) is 12.3 Å². The van der Waals surface area contributed by atoms with E-state index in [9.17, 15) is 13.2 Å². The Labute approximate surface area is 135 Å². The number of aromatic nitrogens is 2. The van der Waals surface area contributed by atoms with Gasteiger partial charge in [-0.25, -0.2) is 4.98 Å². The van der Waals surface area contributed by atoms with Crippen LogP contribution in [0.5, 0.6) is 11.6 Å². The molecule has 120 valence electrons. The Morgan fingerprint density at radius 2 is 2.00 bits per heavy atom. The Hall–Kier alpha value is -2.46. The number of hydrogen-bond acceptors (Lipinski definition) is 4. The molecule has 0 fully saturated rings. The Morgan fingerprint density at radius 1 is 1.26 bits per heavy atom. The van der Waals surface area contributed by atoms with Crippen molar-refractivity contribution in [1.29, 1.82) is 0 Å². The number of ether oxygens (including phenoxy) is 2. The number of pyridine rings is 2. The Balaban J connectivity index is 2.26. The lowest BCUT2D eigenvalue weighted by molar-refractivity contribution is -0.137. The van der Waals surface area contributed by atoms with Crippen molar-refractivity contribution in [3.63, 3.8) is 0 Å². The van der Waals surface area contributed by atoms with E-state index in [2.05, 4.69) is 15.9 Å². The first-order valence-electron chi connectivity index (χ1n) is 6.20. The minimum absolute atomic E-state index is 0.0570. The summed E-state index contributed by atoms with van der Waals surface area (Å²) in [5, 5.41) is 0.333. The number of alkyl halides is 3. The van der Waals surface area contributed by atoms with Crippen molar-refractivity contribution < 1.29 is 22.6 Å². The van der Waals surface area contributed by atoms with Crippen molar-refractivity contribution in [3.05, 3.63) is 46.9 Å². The van der Waals surface area contributed by atoms with Crippen LogP contribution in [0.2, 0.25) is 5.02 Å². The summed E-state index contributed by atoms with van der Waals surface area (Å²) in [5.74, 6) is 2.59. The Morgan fingerprint density at radius 3 is 2.52 bits per heavy atom. The summed E-state index contributed by atoms with van der Waals surface area (Å²) in [6.45, 7) is 0. The quantitative estimate of drug-likeness (QED) is 0.790. The van der Waals surface area contributed by atoms with Gasteiger partial charge in [0.05, 0.1) is 23.4 Å². The molecule has 8 heteroatoms. The molecule has 23 heavy (non-hydrogen) atoms. The number of hydrogen-bond donors (Lipinski definition) is 0. The van der Waals surface area contributed by atoms with Crippen LogP contribution in [0.4, 0.5) is 13.2 Å². The van der Waals surface area contributed by atoms with Crippen LogP contribution in [-0.4, -0.2) is 17.1 Å². The summed E-state index contributed by atoms with van der Waals surface area (Å²) in [4.78, 5) is 7.64. The van der Waals surface area contributed by atoms with E-state index in [-0.39, 0.29) is 17.3 Å². The fraction of sp³-hybridized carbons (Fsp3) is 0.200. The average Bonchev–Trinajstić information content (AvgIpc) is 2.53. The summed E-state index contributed by atoms with van der Waals surface area (Å²) in [5.41, 5.74) is -0.737. The minimum Gasteiger partial charge on any atom is -0.491 e. The molecule has 0 bridgehead atoms. The molecule has 1 atom stereocenters. The summed E-state index contributed by atoms with van der Waals surface area (Å²) in [6.07, 6.45) is 1.88. The molecule has 0 aliphatic rings. The first-order valence-corrected chi connectivity index (χ1v) is 6.58. The molecule has 0 aliphatic carbocycles. The van der Waals surface area contributed by atoms with Crippen LogP contribution in [0.3, 0.4) is 0 Å². The van der Waals surface area contributed by atoms with Crippen molar-refractivity contribution >= 4 is 11.6 Å². The van der Waals surface area contributed by atoms with Gasteiger partial charge < -0.3 is 9.47 Å². The topological polar surface area (TPSA) is 44.2 Å². The third-order valence-electron chi connectivity index (χ3n) is 2.77. The zero-order chi connectivity index (χ0) is 17.0. The highest BCUT2D eigenvalue weighted by atomic mass is 35.5. The van der Waals surface area contributed by atoms with Crippen LogP contribution in [-0.2, 0) is 6.18 Å². The van der Waals surface area contributed by atoms with E-state index in [0.717, 1.165) is 12.1 Å². The van der Waals surface area contributed by atoms with E-state index >= 15 is 0 Å². The zero-order valence-corrected chi connectivity index (χ0v) is 12.5. The highest BCUT2D eigenvalue weighted by Crippen LogP contribution is 2.32. The molecule has 2 aromatic heterocycles. The largest absolute Gasteiger partial charge is 0.491 e. The van der Waals surface area contributed by atoms with E-state index in [0.29, 0.717) is 11.2 Å². The molecule has 2 aromatic rings. The first kappa shape index (κ1) is 16.9. The van der Waals surface area contributed by atoms with Gasteiger partial charge >= 0.3 is 6.18 Å². The molecule has 4 nitrogen and oxygen atoms in total. The minimum atomic E-state index is -4.47. The van der Waals surface area contributed by atoms with E-state index in [4.69, 9.17) is 27.5 Å². The number of terminal acetylenes is 1. The second-order valence-electron chi connectivity index (χ2n) is 4.30. The number of methoxy groups -OCH3 is 1. The second-order valence-corrected chi connectivity index (χ2v) is 4.73. The van der Waals surface area contributed by atoms with Crippen molar-refractivity contribution in [2.24, 2.45) is 0 Å². The summed E-state index contributed by atoms with van der Waals surface area (Å²) < 4.78 is 48.1. The van der Waals surface area contributed by atoms with Gasteiger partial charge in [-0.1, -0.05) is 17.5 Å². The van der Waals surface area contributed by atoms with E-state index < -0.39 is 17.8 Å². The SMILES string of the molecule is C#CC(Oc1ncc(Cl)cc1OC)c1ccc(C(F)(F)F)cn1. The van der Waals surface area contributed by atoms with Crippen LogP contribution in [0.1, 0.15) is 17.4 Å². The third-order valence-corrected chi connectivity index (χ3v) is 2.97. The number of rotatable bonds is 4. The lowest BCUT2D eigenvalue weighted by Gasteiger charge is -2.15. The van der Waals surface area contributed by atoms with Crippen molar-refractivity contribution in [1.82, 2.24) is 9.97 Å². The van der Waals surface area contributed by atoms with E-state index in [1.54, 1.807) is 0 Å². The molecule has 0 saturated carbocycles. The van der Waals surface area contributed by atoms with Crippen molar-refractivity contribution in [2.75, 3.05) is 7.11 Å². The van der Waals surface area contributed by atoms with E-state index in [1.807, 2.05) is 0 Å². The summed E-state index contributed by atoms with van der Waals surface area (Å²) in [7, 11) is 1.39. The van der Waals surface area contributed by atoms with Crippen molar-refractivity contribution in [2.45, 2.75) is 12.3 Å². The van der Waals surface area contributed by atoms with Crippen LogP contribution >= 0.6 is 11.6 Å². The molecule has 0 radical (unpaired) electrons. The lowest BCUT2D eigenvalue weighted by Crippen LogP contribution is -2.11. The molecule has 0 N–H and O–H groups in total. The molecular weight excluding hydrogens is 333 g/mol. The standard InChI is InChI=1S/C15H10ClF3N2O2/c1-3-12(11-5-4-9(7-20-11)15(17,18)19)23-14-13(22-2)6-10(16)8-21-14/h1,4-8,12H,2H3. The van der Waals surface area contributed by atoms with Gasteiger partial charge in [-0.3, -0.25) is 4.98 Å². The predicted octanol–water partition coefficient (Wildman–Crippen LogP) is 3.91. The van der Waals surface area contributed by atoms with Gasteiger partial charge in [0.2, 0.25) is 6.10 Å². The maximum Gasteiger partial charge on any atom is 0.417 e. The molecule has 2 heterocycles. The van der Waals surface area contributed by atoms with Gasteiger partial charge in [0.1, 0.15) is 0 Å². The van der Waals surface area contributed by atoms with Gasteiger partial charge in [0.25, 0.3) is 5.88 Å². The predicted molar refractivity (Wildman–Crippen MR) is 77.2 cm³/mol. The highest BCUT2D eigenvalue weighted by molar-refractivity contribution is 6.30. The first-order chi connectivity index (χ1) is 10.8. The normalized spacial score (nSPS) is 12.3. The maximum atomic E-state index is 12.5. The molecule has 0 aromatic carbocycles.